The molecule has 0 aliphatic carbocycles. The molecule has 0 aliphatic rings. The molecule has 2 atom stereocenters. The van der Waals surface area contributed by atoms with E-state index in [0.717, 1.165) is 12.1 Å². The molecule has 1 unspecified atom stereocenters. The summed E-state index contributed by atoms with van der Waals surface area (Å²) in [7, 11) is 0. The average molecular weight is 475 g/mol. The minimum Gasteiger partial charge on any atom is -0.504 e. The highest BCUT2D eigenvalue weighted by Gasteiger charge is 2.47. The van der Waals surface area contributed by atoms with E-state index in [-0.39, 0.29) is 25.0 Å². The van der Waals surface area contributed by atoms with E-state index in [2.05, 4.69) is 0 Å². The molecule has 184 valence electrons. The van der Waals surface area contributed by atoms with Gasteiger partial charge >= 0.3 is 18.0 Å². The van der Waals surface area contributed by atoms with Crippen LogP contribution in [0.25, 0.3) is 0 Å². The highest BCUT2D eigenvalue weighted by atomic mass is 16.6. The lowest BCUT2D eigenvalue weighted by Gasteiger charge is -2.34. The Morgan fingerprint density at radius 3 is 2.21 bits per heavy atom. The van der Waals surface area contributed by atoms with Crippen molar-refractivity contribution in [3.63, 3.8) is 0 Å². The number of amides is 1. The van der Waals surface area contributed by atoms with Crippen molar-refractivity contribution in [1.82, 2.24) is 5.32 Å². The van der Waals surface area contributed by atoms with Gasteiger partial charge in [0.05, 0.1) is 12.2 Å². The fourth-order valence-corrected chi connectivity index (χ4v) is 3.23. The zero-order chi connectivity index (χ0) is 25.5. The van der Waals surface area contributed by atoms with Crippen LogP contribution in [0.3, 0.4) is 0 Å². The van der Waals surface area contributed by atoms with Crippen molar-refractivity contribution < 1.29 is 44.3 Å². The molecule has 0 bridgehead atoms. The van der Waals surface area contributed by atoms with Crippen LogP contribution in [-0.4, -0.2) is 56.4 Å². The van der Waals surface area contributed by atoms with Gasteiger partial charge in [0.25, 0.3) is 0 Å². The molecule has 5 N–H and O–H groups in total. The second-order valence-corrected chi connectivity index (χ2v) is 8.64. The number of carbonyl (C=O) groups is 3. The Balaban J connectivity index is 2.24. The Bertz CT molecular complexity index is 1020. The molecule has 0 aromatic heterocycles. The summed E-state index contributed by atoms with van der Waals surface area (Å²) in [4.78, 5) is 36.5. The summed E-state index contributed by atoms with van der Waals surface area (Å²) in [6.07, 6.45) is -1.14. The Morgan fingerprint density at radius 1 is 1.00 bits per heavy atom. The summed E-state index contributed by atoms with van der Waals surface area (Å²) < 4.78 is 10.3. The van der Waals surface area contributed by atoms with Crippen LogP contribution in [-0.2, 0) is 14.3 Å². The third-order valence-electron chi connectivity index (χ3n) is 4.80. The number of carboxylic acids is 1. The molecule has 2 rings (SSSR count). The number of carbonyl (C=O) groups excluding carboxylic acids is 2. The molecule has 0 spiro atoms. The third-order valence-corrected chi connectivity index (χ3v) is 4.80. The largest absolute Gasteiger partial charge is 0.504 e. The Hall–Kier alpha value is -3.79. The van der Waals surface area contributed by atoms with E-state index in [0.29, 0.717) is 5.56 Å². The summed E-state index contributed by atoms with van der Waals surface area (Å²) in [6.45, 7) is 4.62. The zero-order valence-electron chi connectivity index (χ0n) is 19.1. The van der Waals surface area contributed by atoms with Gasteiger partial charge in [-0.1, -0.05) is 24.3 Å². The first-order chi connectivity index (χ1) is 15.8. The Labute approximate surface area is 196 Å². The molecular formula is C24H29NO9. The first-order valence-electron chi connectivity index (χ1n) is 10.5. The SMILES string of the molecule is CC(C)(C)OC(=O)N[C@@](O)(C(=O)O)C(CCCOC(=O)c1ccccc1)c1ccc(O)c(O)c1. The average Bonchev–Trinajstić information content (AvgIpc) is 2.74. The third kappa shape index (κ3) is 7.11. The molecule has 0 heterocycles. The Kier molecular flexibility index (Phi) is 8.47. The molecule has 2 aromatic carbocycles. The fourth-order valence-electron chi connectivity index (χ4n) is 3.23. The van der Waals surface area contributed by atoms with E-state index in [1.807, 2.05) is 5.32 Å². The van der Waals surface area contributed by atoms with Crippen LogP contribution in [0.15, 0.2) is 48.5 Å². The number of alkyl carbamates (subject to hydrolysis) is 1. The highest BCUT2D eigenvalue weighted by molar-refractivity contribution is 5.89. The van der Waals surface area contributed by atoms with Crippen LogP contribution in [0.1, 0.15) is 55.5 Å². The van der Waals surface area contributed by atoms with E-state index in [1.165, 1.54) is 6.07 Å². The van der Waals surface area contributed by atoms with Gasteiger partial charge in [0, 0.05) is 5.92 Å². The van der Waals surface area contributed by atoms with Crippen molar-refractivity contribution in [2.24, 2.45) is 0 Å². The number of benzene rings is 2. The molecule has 0 aliphatic heterocycles. The van der Waals surface area contributed by atoms with Gasteiger partial charge in [-0.3, -0.25) is 5.32 Å². The normalized spacial score (nSPS) is 13.9. The van der Waals surface area contributed by atoms with E-state index >= 15 is 0 Å². The number of phenolic OH excluding ortho intramolecular Hbond substituents is 2. The van der Waals surface area contributed by atoms with Crippen molar-refractivity contribution >= 4 is 18.0 Å². The van der Waals surface area contributed by atoms with Gasteiger partial charge in [-0.2, -0.15) is 0 Å². The van der Waals surface area contributed by atoms with Gasteiger partial charge in [0.15, 0.2) is 11.5 Å². The van der Waals surface area contributed by atoms with Crippen LogP contribution in [0.2, 0.25) is 0 Å². The molecule has 0 fully saturated rings. The predicted octanol–water partition coefficient (Wildman–Crippen LogP) is 3.12. The number of esters is 1. The lowest BCUT2D eigenvalue weighted by molar-refractivity contribution is -0.165. The summed E-state index contributed by atoms with van der Waals surface area (Å²) in [5.74, 6) is -4.63. The molecule has 0 radical (unpaired) electrons. The predicted molar refractivity (Wildman–Crippen MR) is 120 cm³/mol. The molecule has 10 nitrogen and oxygen atoms in total. The number of hydrogen-bond donors (Lipinski definition) is 5. The van der Waals surface area contributed by atoms with Crippen LogP contribution in [0, 0.1) is 0 Å². The van der Waals surface area contributed by atoms with Crippen molar-refractivity contribution in [2.45, 2.75) is 50.9 Å². The van der Waals surface area contributed by atoms with Crippen LogP contribution in [0.4, 0.5) is 4.79 Å². The van der Waals surface area contributed by atoms with E-state index in [1.54, 1.807) is 51.1 Å². The zero-order valence-corrected chi connectivity index (χ0v) is 19.1. The van der Waals surface area contributed by atoms with E-state index in [9.17, 15) is 34.8 Å². The van der Waals surface area contributed by atoms with Gasteiger partial charge in [-0.25, -0.2) is 14.4 Å². The highest BCUT2D eigenvalue weighted by Crippen LogP contribution is 2.36. The summed E-state index contributed by atoms with van der Waals surface area (Å²) in [5, 5.41) is 42.4. The number of phenols is 2. The van der Waals surface area contributed by atoms with Crippen molar-refractivity contribution in [3.8, 4) is 11.5 Å². The van der Waals surface area contributed by atoms with Crippen LogP contribution < -0.4 is 5.32 Å². The topological polar surface area (TPSA) is 163 Å². The van der Waals surface area contributed by atoms with Crippen LogP contribution >= 0.6 is 0 Å². The van der Waals surface area contributed by atoms with E-state index < -0.39 is 46.8 Å². The van der Waals surface area contributed by atoms with Gasteiger partial charge in [0.2, 0.25) is 5.72 Å². The Morgan fingerprint density at radius 2 is 1.65 bits per heavy atom. The summed E-state index contributed by atoms with van der Waals surface area (Å²) in [6, 6.07) is 11.8. The van der Waals surface area contributed by atoms with Gasteiger partial charge in [-0.05, 0) is 63.4 Å². The van der Waals surface area contributed by atoms with Crippen molar-refractivity contribution in [1.29, 1.82) is 0 Å². The number of carboxylic acid groups (broad SMARTS) is 1. The second kappa shape index (κ2) is 10.9. The molecule has 0 saturated carbocycles. The van der Waals surface area contributed by atoms with Crippen LogP contribution in [0.5, 0.6) is 11.5 Å². The van der Waals surface area contributed by atoms with Gasteiger partial charge < -0.3 is 29.9 Å². The molecule has 34 heavy (non-hydrogen) atoms. The second-order valence-electron chi connectivity index (χ2n) is 8.64. The first-order valence-corrected chi connectivity index (χ1v) is 10.5. The lowest BCUT2D eigenvalue weighted by Crippen LogP contribution is -2.59. The number of nitrogens with one attached hydrogen (secondary N) is 1. The summed E-state index contributed by atoms with van der Waals surface area (Å²) in [5.41, 5.74) is -3.34. The molecule has 0 saturated heterocycles. The number of aliphatic carboxylic acids is 1. The minimum atomic E-state index is -2.84. The quantitative estimate of drug-likeness (QED) is 0.159. The minimum absolute atomic E-state index is 0.0785. The first kappa shape index (κ1) is 26.5. The number of hydrogen-bond acceptors (Lipinski definition) is 8. The molecular weight excluding hydrogens is 446 g/mol. The van der Waals surface area contributed by atoms with Gasteiger partial charge in [0.1, 0.15) is 5.60 Å². The number of aromatic hydroxyl groups is 2. The maximum absolute atomic E-state index is 12.3. The van der Waals surface area contributed by atoms with Crippen molar-refractivity contribution in [3.05, 3.63) is 59.7 Å². The molecule has 2 aromatic rings. The van der Waals surface area contributed by atoms with Gasteiger partial charge in [-0.15, -0.1) is 0 Å². The van der Waals surface area contributed by atoms with E-state index in [4.69, 9.17) is 9.47 Å². The number of rotatable bonds is 9. The standard InChI is InChI=1S/C24H29NO9/c1-23(2,3)34-22(31)25-24(32,21(29)30)17(16-11-12-18(26)19(27)14-16)10-7-13-33-20(28)15-8-5-4-6-9-15/h4-6,8-9,11-12,14,17,26-27,32H,7,10,13H2,1-3H3,(H,25,31)(H,29,30)/t17?,24-/m0/s1. The molecule has 10 heteroatoms. The maximum Gasteiger partial charge on any atom is 0.410 e. The molecule has 1 amide bonds. The fraction of sp³-hybridized carbons (Fsp3) is 0.375. The van der Waals surface area contributed by atoms with Crippen molar-refractivity contribution in [2.75, 3.05) is 6.61 Å². The number of ether oxygens (including phenoxy) is 2. The smallest absolute Gasteiger partial charge is 0.410 e. The lowest BCUT2D eigenvalue weighted by atomic mass is 9.84. The monoisotopic (exact) mass is 475 g/mol. The summed E-state index contributed by atoms with van der Waals surface area (Å²) >= 11 is 0. The maximum atomic E-state index is 12.3. The number of aliphatic hydroxyl groups is 1.